The summed E-state index contributed by atoms with van der Waals surface area (Å²) in [5.41, 5.74) is 6.52. The summed E-state index contributed by atoms with van der Waals surface area (Å²) in [7, 11) is 1.39. The molecule has 1 aromatic rings. The normalized spacial score (nSPS) is 11.3. The number of aryl methyl sites for hydroxylation is 1. The highest BCUT2D eigenvalue weighted by molar-refractivity contribution is 9.11. The molecule has 0 spiro atoms. The molecule has 0 saturated carbocycles. The van der Waals surface area contributed by atoms with Gasteiger partial charge in [0.05, 0.1) is 16.1 Å². The number of carbonyl (C=O) groups is 1. The molecule has 6 heteroatoms. The molecule has 0 bridgehead atoms. The Labute approximate surface area is 136 Å². The van der Waals surface area contributed by atoms with Crippen LogP contribution in [0.25, 0.3) is 0 Å². The average molecular weight is 409 g/mol. The Morgan fingerprint density at radius 1 is 1.30 bits per heavy atom. The first kappa shape index (κ1) is 17.5. The zero-order chi connectivity index (χ0) is 15.3. The lowest BCUT2D eigenvalue weighted by Gasteiger charge is -2.20. The van der Waals surface area contributed by atoms with Crippen LogP contribution in [0.5, 0.6) is 5.75 Å². The number of rotatable bonds is 6. The maximum atomic E-state index is 11.2. The van der Waals surface area contributed by atoms with Crippen LogP contribution in [0.2, 0.25) is 0 Å². The standard InChI is InChI=1S/C14H19Br2NO3/c1-14(2,17)8-20-13-10(15)6-9(7-11(13)16)4-5-12(18)19-3/h6-7H,4-5,8,17H2,1-3H3. The van der Waals surface area contributed by atoms with Crippen molar-refractivity contribution in [3.63, 3.8) is 0 Å². The predicted octanol–water partition coefficient (Wildman–Crippen LogP) is 3.43. The number of esters is 1. The lowest BCUT2D eigenvalue weighted by Crippen LogP contribution is -2.38. The quantitative estimate of drug-likeness (QED) is 0.732. The largest absolute Gasteiger partial charge is 0.489 e. The van der Waals surface area contributed by atoms with E-state index in [9.17, 15) is 4.79 Å². The van der Waals surface area contributed by atoms with E-state index in [1.54, 1.807) is 0 Å². The van der Waals surface area contributed by atoms with E-state index in [0.29, 0.717) is 25.2 Å². The van der Waals surface area contributed by atoms with E-state index >= 15 is 0 Å². The Kier molecular flexibility index (Phi) is 6.48. The topological polar surface area (TPSA) is 61.5 Å². The third-order valence-electron chi connectivity index (χ3n) is 2.49. The third-order valence-corrected chi connectivity index (χ3v) is 3.67. The zero-order valence-corrected chi connectivity index (χ0v) is 15.0. The van der Waals surface area contributed by atoms with Gasteiger partial charge in [0.2, 0.25) is 0 Å². The van der Waals surface area contributed by atoms with Crippen molar-refractivity contribution >= 4 is 37.8 Å². The number of halogens is 2. The first-order valence-corrected chi connectivity index (χ1v) is 7.78. The van der Waals surface area contributed by atoms with Crippen LogP contribution in [0, 0.1) is 0 Å². The molecule has 0 saturated heterocycles. The minimum atomic E-state index is -0.400. The Hall–Kier alpha value is -0.590. The summed E-state index contributed by atoms with van der Waals surface area (Å²) in [4.78, 5) is 11.2. The highest BCUT2D eigenvalue weighted by Crippen LogP contribution is 2.35. The van der Waals surface area contributed by atoms with Gasteiger partial charge in [-0.3, -0.25) is 4.79 Å². The third kappa shape index (κ3) is 5.81. The fourth-order valence-electron chi connectivity index (χ4n) is 1.50. The molecule has 0 heterocycles. The van der Waals surface area contributed by atoms with Crippen molar-refractivity contribution in [3.8, 4) is 5.75 Å². The van der Waals surface area contributed by atoms with Crippen LogP contribution < -0.4 is 10.5 Å². The van der Waals surface area contributed by atoms with Crippen LogP contribution in [-0.4, -0.2) is 25.2 Å². The summed E-state index contributed by atoms with van der Waals surface area (Å²) < 4.78 is 12.0. The minimum Gasteiger partial charge on any atom is -0.489 e. The second-order valence-electron chi connectivity index (χ2n) is 5.24. The van der Waals surface area contributed by atoms with E-state index < -0.39 is 5.54 Å². The molecule has 0 aliphatic heterocycles. The maximum absolute atomic E-state index is 11.2. The van der Waals surface area contributed by atoms with Crippen molar-refractivity contribution in [3.05, 3.63) is 26.6 Å². The number of hydrogen-bond donors (Lipinski definition) is 1. The smallest absolute Gasteiger partial charge is 0.305 e. The molecule has 0 radical (unpaired) electrons. The van der Waals surface area contributed by atoms with E-state index in [-0.39, 0.29) is 5.97 Å². The fraction of sp³-hybridized carbons (Fsp3) is 0.500. The molecular formula is C14H19Br2NO3. The summed E-state index contributed by atoms with van der Waals surface area (Å²) in [6.07, 6.45) is 0.970. The van der Waals surface area contributed by atoms with Crippen LogP contribution in [0.3, 0.4) is 0 Å². The molecule has 1 rings (SSSR count). The minimum absolute atomic E-state index is 0.220. The van der Waals surface area contributed by atoms with Gasteiger partial charge in [0, 0.05) is 12.0 Å². The van der Waals surface area contributed by atoms with Gasteiger partial charge in [-0.1, -0.05) is 0 Å². The highest BCUT2D eigenvalue weighted by atomic mass is 79.9. The summed E-state index contributed by atoms with van der Waals surface area (Å²) >= 11 is 6.96. The number of benzene rings is 1. The molecule has 0 atom stereocenters. The summed E-state index contributed by atoms with van der Waals surface area (Å²) in [6, 6.07) is 3.87. The van der Waals surface area contributed by atoms with Crippen molar-refractivity contribution in [2.24, 2.45) is 5.73 Å². The van der Waals surface area contributed by atoms with E-state index in [1.807, 2.05) is 26.0 Å². The van der Waals surface area contributed by atoms with Gasteiger partial charge in [0.25, 0.3) is 0 Å². The van der Waals surface area contributed by atoms with Crippen molar-refractivity contribution in [2.75, 3.05) is 13.7 Å². The molecule has 0 unspecified atom stereocenters. The lowest BCUT2D eigenvalue weighted by atomic mass is 10.1. The summed E-state index contributed by atoms with van der Waals surface area (Å²) in [5.74, 6) is 0.493. The predicted molar refractivity (Wildman–Crippen MR) is 85.9 cm³/mol. The monoisotopic (exact) mass is 407 g/mol. The molecule has 1 aromatic carbocycles. The van der Waals surface area contributed by atoms with Crippen LogP contribution in [0.15, 0.2) is 21.1 Å². The van der Waals surface area contributed by atoms with Crippen molar-refractivity contribution in [2.45, 2.75) is 32.2 Å². The van der Waals surface area contributed by atoms with Crippen LogP contribution in [-0.2, 0) is 16.0 Å². The van der Waals surface area contributed by atoms with E-state index in [2.05, 4.69) is 36.6 Å². The lowest BCUT2D eigenvalue weighted by molar-refractivity contribution is -0.140. The van der Waals surface area contributed by atoms with Gasteiger partial charge < -0.3 is 15.2 Å². The molecule has 0 aromatic heterocycles. The molecule has 0 fully saturated rings. The Morgan fingerprint density at radius 2 is 1.85 bits per heavy atom. The number of carbonyl (C=O) groups excluding carboxylic acids is 1. The second-order valence-corrected chi connectivity index (χ2v) is 6.95. The Balaban J connectivity index is 2.78. The van der Waals surface area contributed by atoms with Gasteiger partial charge in [-0.15, -0.1) is 0 Å². The zero-order valence-electron chi connectivity index (χ0n) is 11.8. The van der Waals surface area contributed by atoms with Crippen molar-refractivity contribution < 1.29 is 14.3 Å². The van der Waals surface area contributed by atoms with Gasteiger partial charge in [-0.05, 0) is 69.8 Å². The summed E-state index contributed by atoms with van der Waals surface area (Å²) in [6.45, 7) is 4.21. The maximum Gasteiger partial charge on any atom is 0.305 e. The fourth-order valence-corrected chi connectivity index (χ4v) is 3.01. The first-order chi connectivity index (χ1) is 9.23. The van der Waals surface area contributed by atoms with Gasteiger partial charge in [-0.25, -0.2) is 0 Å². The van der Waals surface area contributed by atoms with Crippen LogP contribution in [0.4, 0.5) is 0 Å². The molecule has 0 aliphatic rings. The van der Waals surface area contributed by atoms with Crippen molar-refractivity contribution in [1.29, 1.82) is 0 Å². The van der Waals surface area contributed by atoms with E-state index in [4.69, 9.17) is 10.5 Å². The molecule has 0 amide bonds. The summed E-state index contributed by atoms with van der Waals surface area (Å²) in [5, 5.41) is 0. The van der Waals surface area contributed by atoms with Crippen LogP contribution in [0.1, 0.15) is 25.8 Å². The van der Waals surface area contributed by atoms with Gasteiger partial charge >= 0.3 is 5.97 Å². The van der Waals surface area contributed by atoms with Gasteiger partial charge in [0.1, 0.15) is 12.4 Å². The molecule has 112 valence electrons. The average Bonchev–Trinajstić information content (AvgIpc) is 2.33. The van der Waals surface area contributed by atoms with E-state index in [0.717, 1.165) is 14.5 Å². The number of nitrogens with two attached hydrogens (primary N) is 1. The first-order valence-electron chi connectivity index (χ1n) is 6.19. The van der Waals surface area contributed by atoms with Crippen molar-refractivity contribution in [1.82, 2.24) is 0 Å². The second kappa shape index (κ2) is 7.43. The number of hydrogen-bond acceptors (Lipinski definition) is 4. The molecule has 0 aliphatic carbocycles. The number of methoxy groups -OCH3 is 1. The van der Waals surface area contributed by atoms with E-state index in [1.165, 1.54) is 7.11 Å². The van der Waals surface area contributed by atoms with Crippen LogP contribution >= 0.6 is 31.9 Å². The Bertz CT molecular complexity index is 461. The molecule has 4 nitrogen and oxygen atoms in total. The number of ether oxygens (including phenoxy) is 2. The van der Waals surface area contributed by atoms with Gasteiger partial charge in [0.15, 0.2) is 0 Å². The molecule has 20 heavy (non-hydrogen) atoms. The SMILES string of the molecule is COC(=O)CCc1cc(Br)c(OCC(C)(C)N)c(Br)c1. The van der Waals surface area contributed by atoms with Gasteiger partial charge in [-0.2, -0.15) is 0 Å². The Morgan fingerprint density at radius 3 is 2.30 bits per heavy atom. The molecule has 2 N–H and O–H groups in total. The molecular weight excluding hydrogens is 390 g/mol. The highest BCUT2D eigenvalue weighted by Gasteiger charge is 2.15.